The lowest BCUT2D eigenvalue weighted by atomic mass is 10.2. The third-order valence-electron chi connectivity index (χ3n) is 5.35. The predicted octanol–water partition coefficient (Wildman–Crippen LogP) is 3.10. The van der Waals surface area contributed by atoms with Crippen LogP contribution in [0.25, 0.3) is 5.69 Å². The van der Waals surface area contributed by atoms with Crippen LogP contribution in [0.2, 0.25) is 0 Å². The number of likely N-dealkylation sites (N-methyl/N-ethyl adjacent to an activating group) is 1. The Kier molecular flexibility index (Phi) is 6.44. The number of nitrogens with zero attached hydrogens (tertiary/aromatic N) is 5. The van der Waals surface area contributed by atoms with E-state index in [0.29, 0.717) is 12.1 Å². The normalized spacial score (nSPS) is 14.7. The van der Waals surface area contributed by atoms with E-state index >= 15 is 0 Å². The minimum atomic E-state index is -0.108. The summed E-state index contributed by atoms with van der Waals surface area (Å²) in [5.41, 5.74) is 2.50. The van der Waals surface area contributed by atoms with Gasteiger partial charge in [-0.25, -0.2) is 9.67 Å². The summed E-state index contributed by atoms with van der Waals surface area (Å²) in [7, 11) is 0. The number of hydrogen-bond acceptors (Lipinski definition) is 5. The van der Waals surface area contributed by atoms with Crippen LogP contribution in [-0.4, -0.2) is 58.3 Å². The fourth-order valence-electron chi connectivity index (χ4n) is 3.49. The number of amides is 1. The van der Waals surface area contributed by atoms with Crippen molar-refractivity contribution < 1.29 is 4.79 Å². The Morgan fingerprint density at radius 3 is 2.43 bits per heavy atom. The summed E-state index contributed by atoms with van der Waals surface area (Å²) in [6, 6.07) is 11.4. The summed E-state index contributed by atoms with van der Waals surface area (Å²) in [4.78, 5) is 21.8. The number of aromatic nitrogens is 3. The average Bonchev–Trinajstić information content (AvgIpc) is 3.24. The molecule has 1 aliphatic rings. The van der Waals surface area contributed by atoms with Crippen molar-refractivity contribution in [1.29, 1.82) is 0 Å². The van der Waals surface area contributed by atoms with E-state index < -0.39 is 0 Å². The summed E-state index contributed by atoms with van der Waals surface area (Å²) in [5, 5.41) is 7.20. The first-order valence-electron chi connectivity index (χ1n) is 10.1. The highest BCUT2D eigenvalue weighted by atomic mass is 79.9. The van der Waals surface area contributed by atoms with E-state index in [1.165, 1.54) is 0 Å². The highest BCUT2D eigenvalue weighted by Gasteiger charge is 2.16. The van der Waals surface area contributed by atoms with Gasteiger partial charge in [0.15, 0.2) is 0 Å². The van der Waals surface area contributed by atoms with E-state index in [4.69, 9.17) is 0 Å². The molecule has 0 spiro atoms. The molecule has 3 aromatic rings. The molecule has 1 N–H and O–H groups in total. The lowest BCUT2D eigenvalue weighted by Crippen LogP contribution is -2.46. The van der Waals surface area contributed by atoms with Crippen LogP contribution in [0.4, 0.5) is 5.82 Å². The van der Waals surface area contributed by atoms with Crippen LogP contribution in [0.1, 0.15) is 22.8 Å². The molecule has 4 rings (SSSR count). The van der Waals surface area contributed by atoms with Gasteiger partial charge in [-0.3, -0.25) is 4.79 Å². The van der Waals surface area contributed by atoms with E-state index in [1.807, 2.05) is 36.7 Å². The smallest absolute Gasteiger partial charge is 0.251 e. The van der Waals surface area contributed by atoms with Crippen LogP contribution >= 0.6 is 15.9 Å². The van der Waals surface area contributed by atoms with Gasteiger partial charge < -0.3 is 15.1 Å². The highest BCUT2D eigenvalue weighted by Crippen LogP contribution is 2.15. The zero-order valence-electron chi connectivity index (χ0n) is 17.0. The zero-order valence-corrected chi connectivity index (χ0v) is 18.5. The maximum Gasteiger partial charge on any atom is 0.251 e. The summed E-state index contributed by atoms with van der Waals surface area (Å²) in [5.74, 6) is 0.893. The topological polar surface area (TPSA) is 66.3 Å². The number of rotatable bonds is 6. The first-order chi connectivity index (χ1) is 14.6. The summed E-state index contributed by atoms with van der Waals surface area (Å²) in [6.45, 7) is 7.90. The summed E-state index contributed by atoms with van der Waals surface area (Å²) >= 11 is 3.38. The second-order valence-electron chi connectivity index (χ2n) is 7.28. The Hall–Kier alpha value is -2.71. The van der Waals surface area contributed by atoms with E-state index in [9.17, 15) is 4.79 Å². The number of pyridine rings is 1. The lowest BCUT2D eigenvalue weighted by Gasteiger charge is -2.34. The third-order valence-corrected chi connectivity index (χ3v) is 5.76. The highest BCUT2D eigenvalue weighted by molar-refractivity contribution is 9.10. The molecule has 0 saturated carbocycles. The molecule has 156 valence electrons. The predicted molar refractivity (Wildman–Crippen MR) is 121 cm³/mol. The Morgan fingerprint density at radius 1 is 1.07 bits per heavy atom. The van der Waals surface area contributed by atoms with Gasteiger partial charge in [0.1, 0.15) is 5.82 Å². The number of halogens is 1. The molecule has 8 heteroatoms. The largest absolute Gasteiger partial charge is 0.354 e. The van der Waals surface area contributed by atoms with Gasteiger partial charge in [0.25, 0.3) is 5.91 Å². The molecule has 0 bridgehead atoms. The number of nitrogens with one attached hydrogen (secondary N) is 1. The summed E-state index contributed by atoms with van der Waals surface area (Å²) in [6.07, 6.45) is 5.45. The molecule has 30 heavy (non-hydrogen) atoms. The molecule has 1 aliphatic heterocycles. The van der Waals surface area contributed by atoms with Gasteiger partial charge in [-0.15, -0.1) is 0 Å². The van der Waals surface area contributed by atoms with Gasteiger partial charge in [-0.05, 0) is 58.4 Å². The second kappa shape index (κ2) is 9.40. The quantitative estimate of drug-likeness (QED) is 0.601. The van der Waals surface area contributed by atoms with E-state index in [0.717, 1.165) is 54.3 Å². The minimum absolute atomic E-state index is 0.108. The SMILES string of the molecule is CCN1CCN(c2ccc(CNC(=O)c3ccc(-n4cc(Br)cn4)cc3)cn2)CC1. The average molecular weight is 469 g/mol. The van der Waals surface area contributed by atoms with E-state index in [2.05, 4.69) is 48.1 Å². The monoisotopic (exact) mass is 468 g/mol. The van der Waals surface area contributed by atoms with Crippen molar-refractivity contribution in [3.63, 3.8) is 0 Å². The molecule has 0 unspecified atom stereocenters. The van der Waals surface area contributed by atoms with Gasteiger partial charge in [0.2, 0.25) is 0 Å². The van der Waals surface area contributed by atoms with E-state index in [-0.39, 0.29) is 5.91 Å². The van der Waals surface area contributed by atoms with Crippen molar-refractivity contribution in [1.82, 2.24) is 25.0 Å². The van der Waals surface area contributed by atoms with Crippen molar-refractivity contribution in [2.75, 3.05) is 37.6 Å². The fraction of sp³-hybridized carbons (Fsp3) is 0.318. The maximum absolute atomic E-state index is 12.5. The van der Waals surface area contributed by atoms with Gasteiger partial charge in [-0.2, -0.15) is 5.10 Å². The van der Waals surface area contributed by atoms with Gasteiger partial charge in [0, 0.05) is 50.7 Å². The van der Waals surface area contributed by atoms with Crippen LogP contribution in [0, 0.1) is 0 Å². The molecule has 0 aliphatic carbocycles. The number of benzene rings is 1. The molecular weight excluding hydrogens is 444 g/mol. The second-order valence-corrected chi connectivity index (χ2v) is 8.19. The molecule has 0 atom stereocenters. The first kappa shape index (κ1) is 20.6. The minimum Gasteiger partial charge on any atom is -0.354 e. The number of hydrogen-bond donors (Lipinski definition) is 1. The Morgan fingerprint density at radius 2 is 1.83 bits per heavy atom. The standard InChI is InChI=1S/C22H25BrN6O/c1-2-27-9-11-28(12-10-27)21-8-3-17(13-24-21)14-25-22(30)18-4-6-20(7-5-18)29-16-19(23)15-26-29/h3-8,13,15-16H,2,9-12,14H2,1H3,(H,25,30). The Balaban J connectivity index is 1.30. The van der Waals surface area contributed by atoms with Crippen molar-refractivity contribution >= 4 is 27.7 Å². The van der Waals surface area contributed by atoms with Crippen LogP contribution in [0.5, 0.6) is 0 Å². The van der Waals surface area contributed by atoms with Gasteiger partial charge in [0.05, 0.1) is 16.4 Å². The molecule has 1 amide bonds. The number of carbonyl (C=O) groups is 1. The van der Waals surface area contributed by atoms with E-state index in [1.54, 1.807) is 23.0 Å². The maximum atomic E-state index is 12.5. The lowest BCUT2D eigenvalue weighted by molar-refractivity contribution is 0.0951. The zero-order chi connectivity index (χ0) is 20.9. The molecular formula is C22H25BrN6O. The Bertz CT molecular complexity index is 978. The third kappa shape index (κ3) is 4.88. The molecule has 1 saturated heterocycles. The van der Waals surface area contributed by atoms with Crippen LogP contribution in [0.15, 0.2) is 59.5 Å². The van der Waals surface area contributed by atoms with Gasteiger partial charge >= 0.3 is 0 Å². The van der Waals surface area contributed by atoms with Crippen LogP contribution in [0.3, 0.4) is 0 Å². The molecule has 3 heterocycles. The molecule has 2 aromatic heterocycles. The Labute approximate surface area is 184 Å². The fourth-order valence-corrected chi connectivity index (χ4v) is 3.78. The summed E-state index contributed by atoms with van der Waals surface area (Å²) < 4.78 is 2.66. The number of carbonyl (C=O) groups excluding carboxylic acids is 1. The molecule has 0 radical (unpaired) electrons. The van der Waals surface area contributed by atoms with Crippen molar-refractivity contribution in [2.24, 2.45) is 0 Å². The number of piperazine rings is 1. The van der Waals surface area contributed by atoms with Crippen LogP contribution in [-0.2, 0) is 6.54 Å². The first-order valence-corrected chi connectivity index (χ1v) is 10.9. The van der Waals surface area contributed by atoms with Crippen molar-refractivity contribution in [3.05, 3.63) is 70.6 Å². The van der Waals surface area contributed by atoms with Gasteiger partial charge in [-0.1, -0.05) is 13.0 Å². The van der Waals surface area contributed by atoms with Crippen LogP contribution < -0.4 is 10.2 Å². The molecule has 1 aromatic carbocycles. The molecule has 1 fully saturated rings. The number of anilines is 1. The molecule has 7 nitrogen and oxygen atoms in total. The van der Waals surface area contributed by atoms with Crippen molar-refractivity contribution in [2.45, 2.75) is 13.5 Å². The van der Waals surface area contributed by atoms with Crippen molar-refractivity contribution in [3.8, 4) is 5.69 Å².